The summed E-state index contributed by atoms with van der Waals surface area (Å²) < 4.78 is 26.1. The summed E-state index contributed by atoms with van der Waals surface area (Å²) in [7, 11) is 1.59. The van der Waals surface area contributed by atoms with Gasteiger partial charge in [-0.25, -0.2) is 4.98 Å². The van der Waals surface area contributed by atoms with Gasteiger partial charge < -0.3 is 18.6 Å². The summed E-state index contributed by atoms with van der Waals surface area (Å²) in [5.74, 6) is 2.12. The van der Waals surface area contributed by atoms with Crippen LogP contribution in [-0.2, 0) is 6.61 Å². The van der Waals surface area contributed by atoms with Gasteiger partial charge in [0.25, 0.3) is 5.56 Å². The van der Waals surface area contributed by atoms with Crippen molar-refractivity contribution in [3.8, 4) is 34.9 Å². The van der Waals surface area contributed by atoms with Crippen LogP contribution in [0.5, 0.6) is 17.2 Å². The zero-order valence-corrected chi connectivity index (χ0v) is 27.3. The van der Waals surface area contributed by atoms with Crippen molar-refractivity contribution in [1.29, 1.82) is 5.26 Å². The third-order valence-corrected chi connectivity index (χ3v) is 9.14. The molecule has 0 aliphatic carbocycles. The summed E-state index contributed by atoms with van der Waals surface area (Å²) in [6.07, 6.45) is 1.54. The summed E-state index contributed by atoms with van der Waals surface area (Å²) in [4.78, 5) is 18.5. The van der Waals surface area contributed by atoms with E-state index in [0.29, 0.717) is 66.2 Å². The molecule has 9 nitrogen and oxygen atoms in total. The first-order valence-corrected chi connectivity index (χ1v) is 15.4. The van der Waals surface area contributed by atoms with Gasteiger partial charge >= 0.3 is 0 Å². The Morgan fingerprint density at radius 2 is 1.78 bits per heavy atom. The lowest BCUT2D eigenvalue weighted by Gasteiger charge is -2.17. The second-order valence-corrected chi connectivity index (χ2v) is 11.3. The second kappa shape index (κ2) is 13.0. The Morgan fingerprint density at radius 1 is 0.978 bits per heavy atom. The van der Waals surface area contributed by atoms with Crippen LogP contribution in [0.4, 0.5) is 0 Å². The first-order chi connectivity index (χ1) is 21.9. The molecule has 0 aliphatic heterocycles. The minimum atomic E-state index is -0.365. The Morgan fingerprint density at radius 3 is 2.58 bits per heavy atom. The normalized spacial score (nSPS) is 11.3. The van der Waals surface area contributed by atoms with Crippen LogP contribution in [0.2, 0.25) is 0 Å². The van der Waals surface area contributed by atoms with Crippen molar-refractivity contribution in [2.45, 2.75) is 13.5 Å². The average molecular weight is 728 g/mol. The van der Waals surface area contributed by atoms with E-state index in [2.05, 4.69) is 43.0 Å². The van der Waals surface area contributed by atoms with Gasteiger partial charge in [0.1, 0.15) is 17.9 Å². The monoisotopic (exact) mass is 726 g/mol. The molecule has 0 fully saturated rings. The maximum absolute atomic E-state index is 13.8. The quantitative estimate of drug-likeness (QED) is 0.139. The van der Waals surface area contributed by atoms with E-state index < -0.39 is 0 Å². The highest BCUT2D eigenvalue weighted by Crippen LogP contribution is 2.43. The predicted octanol–water partition coefficient (Wildman–Crippen LogP) is 8.07. The van der Waals surface area contributed by atoms with E-state index in [1.807, 2.05) is 43.3 Å². The molecule has 0 N–H and O–H groups in total. The first kappa shape index (κ1) is 30.1. The van der Waals surface area contributed by atoms with Crippen LogP contribution in [0, 0.1) is 11.3 Å². The molecule has 224 valence electrons. The van der Waals surface area contributed by atoms with Crippen LogP contribution in [-0.4, -0.2) is 29.6 Å². The SMILES string of the molecule is CCOc1cc(C=Nn2c(-c3cc4c(OC)cccc4o3)nc3ccccc3c2=O)c(Br)c(Br)c1OCc1ccccc1C#N. The molecular formula is C34H24Br2N4O5. The number of fused-ring (bicyclic) bond motifs is 2. The minimum Gasteiger partial charge on any atom is -0.496 e. The van der Waals surface area contributed by atoms with E-state index in [1.54, 1.807) is 49.6 Å². The molecule has 2 heterocycles. The number of para-hydroxylation sites is 1. The number of ether oxygens (including phenoxy) is 3. The van der Waals surface area contributed by atoms with Crippen molar-refractivity contribution in [3.05, 3.63) is 115 Å². The molecule has 0 atom stereocenters. The van der Waals surface area contributed by atoms with Crippen molar-refractivity contribution in [3.63, 3.8) is 0 Å². The van der Waals surface area contributed by atoms with E-state index in [4.69, 9.17) is 23.6 Å². The molecule has 2 aromatic heterocycles. The van der Waals surface area contributed by atoms with E-state index >= 15 is 0 Å². The maximum Gasteiger partial charge on any atom is 0.282 e. The van der Waals surface area contributed by atoms with Crippen LogP contribution >= 0.6 is 31.9 Å². The van der Waals surface area contributed by atoms with Gasteiger partial charge in [0.15, 0.2) is 17.3 Å². The lowest BCUT2D eigenvalue weighted by molar-refractivity contribution is 0.267. The number of furan rings is 1. The number of rotatable bonds is 9. The van der Waals surface area contributed by atoms with Crippen molar-refractivity contribution < 1.29 is 18.6 Å². The van der Waals surface area contributed by atoms with Crippen LogP contribution < -0.4 is 19.8 Å². The fourth-order valence-corrected chi connectivity index (χ4v) is 5.77. The number of nitrogens with zero attached hydrogens (tertiary/aromatic N) is 4. The summed E-state index contributed by atoms with van der Waals surface area (Å²) in [6, 6.07) is 25.5. The number of hydrogen-bond donors (Lipinski definition) is 0. The van der Waals surface area contributed by atoms with Gasteiger partial charge in [-0.05, 0) is 81.2 Å². The van der Waals surface area contributed by atoms with Crippen LogP contribution in [0.3, 0.4) is 0 Å². The van der Waals surface area contributed by atoms with Gasteiger partial charge in [0, 0.05) is 15.6 Å². The van der Waals surface area contributed by atoms with E-state index in [-0.39, 0.29) is 18.0 Å². The number of benzene rings is 4. The smallest absolute Gasteiger partial charge is 0.282 e. The Bertz CT molecular complexity index is 2200. The standard InChI is InChI=1S/C34H24Br2N4O5/c1-3-43-28-15-22(30(35)31(36)32(28)44-19-21-10-5-4-9-20(21)17-37)18-38-40-33(39-25-12-7-6-11-23(25)34(40)41)29-16-24-26(42-2)13-8-14-27(24)45-29/h4-16,18H,3,19H2,1-2H3. The minimum absolute atomic E-state index is 0.159. The predicted molar refractivity (Wildman–Crippen MR) is 179 cm³/mol. The molecule has 4 aromatic carbocycles. The number of nitriles is 1. The molecule has 11 heteroatoms. The highest BCUT2D eigenvalue weighted by atomic mass is 79.9. The molecule has 0 amide bonds. The Balaban J connectivity index is 1.44. The summed E-state index contributed by atoms with van der Waals surface area (Å²) >= 11 is 7.28. The number of aromatic nitrogens is 2. The molecule has 0 aliphatic rings. The Hall–Kier alpha value is -4.92. The number of hydrogen-bond acceptors (Lipinski definition) is 8. The van der Waals surface area contributed by atoms with Crippen LogP contribution in [0.15, 0.2) is 102 Å². The largest absolute Gasteiger partial charge is 0.496 e. The van der Waals surface area contributed by atoms with Gasteiger partial charge in [-0.2, -0.15) is 15.0 Å². The van der Waals surface area contributed by atoms with E-state index in [0.717, 1.165) is 10.9 Å². The van der Waals surface area contributed by atoms with Gasteiger partial charge in [0.2, 0.25) is 5.82 Å². The molecule has 6 aromatic rings. The van der Waals surface area contributed by atoms with Crippen molar-refractivity contribution in [2.75, 3.05) is 13.7 Å². The molecule has 0 radical (unpaired) electrons. The van der Waals surface area contributed by atoms with Crippen molar-refractivity contribution in [2.24, 2.45) is 5.10 Å². The molecule has 0 spiro atoms. The van der Waals surface area contributed by atoms with Gasteiger partial charge in [-0.1, -0.05) is 36.4 Å². The van der Waals surface area contributed by atoms with Gasteiger partial charge in [0.05, 0.1) is 52.3 Å². The number of halogens is 2. The summed E-state index contributed by atoms with van der Waals surface area (Å²) in [5.41, 5.74) is 2.61. The van der Waals surface area contributed by atoms with E-state index in [1.165, 1.54) is 10.9 Å². The van der Waals surface area contributed by atoms with Crippen LogP contribution in [0.25, 0.3) is 33.5 Å². The molecule has 45 heavy (non-hydrogen) atoms. The van der Waals surface area contributed by atoms with Crippen molar-refractivity contribution in [1.82, 2.24) is 9.66 Å². The third-order valence-electron chi connectivity index (χ3n) is 6.99. The molecular weight excluding hydrogens is 704 g/mol. The van der Waals surface area contributed by atoms with Crippen LogP contribution in [0.1, 0.15) is 23.6 Å². The maximum atomic E-state index is 13.8. The number of methoxy groups -OCH3 is 1. The fraction of sp³-hybridized carbons (Fsp3) is 0.118. The molecule has 0 saturated heterocycles. The Labute approximate surface area is 274 Å². The lowest BCUT2D eigenvalue weighted by atomic mass is 10.1. The molecule has 0 saturated carbocycles. The van der Waals surface area contributed by atoms with Crippen molar-refractivity contribution >= 4 is 59.9 Å². The molecule has 0 unspecified atom stereocenters. The topological polar surface area (TPSA) is 112 Å². The first-order valence-electron chi connectivity index (χ1n) is 13.8. The van der Waals surface area contributed by atoms with E-state index in [9.17, 15) is 10.1 Å². The highest BCUT2D eigenvalue weighted by Gasteiger charge is 2.20. The Kier molecular flexibility index (Phi) is 8.69. The zero-order chi connectivity index (χ0) is 31.5. The molecule has 6 rings (SSSR count). The average Bonchev–Trinajstić information content (AvgIpc) is 3.51. The summed E-state index contributed by atoms with van der Waals surface area (Å²) in [6.45, 7) is 2.41. The van der Waals surface area contributed by atoms with Gasteiger partial charge in [-0.15, -0.1) is 0 Å². The third kappa shape index (κ3) is 5.82. The fourth-order valence-electron chi connectivity index (χ4n) is 4.83. The molecule has 0 bridgehead atoms. The lowest BCUT2D eigenvalue weighted by Crippen LogP contribution is -2.20. The van der Waals surface area contributed by atoms with Gasteiger partial charge in [-0.3, -0.25) is 4.79 Å². The highest BCUT2D eigenvalue weighted by molar-refractivity contribution is 9.13. The second-order valence-electron chi connectivity index (χ2n) is 9.71. The zero-order valence-electron chi connectivity index (χ0n) is 24.1. The summed E-state index contributed by atoms with van der Waals surface area (Å²) in [5, 5.41) is 15.2.